The van der Waals surface area contributed by atoms with E-state index in [1.807, 2.05) is 38.1 Å². The first-order chi connectivity index (χ1) is 10.1. The molecule has 1 unspecified atom stereocenters. The van der Waals surface area contributed by atoms with Gasteiger partial charge in [0.15, 0.2) is 5.69 Å². The van der Waals surface area contributed by atoms with E-state index in [1.165, 1.54) is 0 Å². The predicted molar refractivity (Wildman–Crippen MR) is 86.2 cm³/mol. The fourth-order valence-electron chi connectivity index (χ4n) is 1.84. The minimum Gasteiger partial charge on any atom is -0.362 e. The van der Waals surface area contributed by atoms with Crippen molar-refractivity contribution in [3.8, 4) is 0 Å². The van der Waals surface area contributed by atoms with Crippen molar-refractivity contribution < 1.29 is 4.79 Å². The molecule has 0 saturated carbocycles. The molecule has 6 heteroatoms. The Morgan fingerprint density at radius 1 is 1.19 bits per heavy atom. The minimum atomic E-state index is -0.211. The molecular weight excluding hydrogens is 332 g/mol. The van der Waals surface area contributed by atoms with Crippen LogP contribution in [-0.4, -0.2) is 22.6 Å². The minimum absolute atomic E-state index is 0.0997. The highest BCUT2D eigenvalue weighted by Crippen LogP contribution is 2.19. The lowest BCUT2D eigenvalue weighted by molar-refractivity contribution is 0.0950. The van der Waals surface area contributed by atoms with Crippen LogP contribution >= 0.6 is 15.9 Å². The molecule has 2 N–H and O–H groups in total. The van der Waals surface area contributed by atoms with Gasteiger partial charge in [-0.3, -0.25) is 4.79 Å². The van der Waals surface area contributed by atoms with Crippen molar-refractivity contribution in [2.75, 3.05) is 11.9 Å². The molecule has 0 aliphatic carbocycles. The van der Waals surface area contributed by atoms with Gasteiger partial charge in [0.2, 0.25) is 0 Å². The summed E-state index contributed by atoms with van der Waals surface area (Å²) in [5.74, 6) is 0.427. The second-order valence-electron chi connectivity index (χ2n) is 4.58. The number of nitrogens with zero attached hydrogens (tertiary/aromatic N) is 2. The van der Waals surface area contributed by atoms with Crippen LogP contribution in [0, 0.1) is 0 Å². The lowest BCUT2D eigenvalue weighted by atomic mass is 10.1. The Morgan fingerprint density at radius 2 is 1.90 bits per heavy atom. The monoisotopic (exact) mass is 348 g/mol. The zero-order valence-corrected chi connectivity index (χ0v) is 13.5. The van der Waals surface area contributed by atoms with Crippen LogP contribution in [0.1, 0.15) is 35.9 Å². The quantitative estimate of drug-likeness (QED) is 0.870. The molecule has 1 aromatic carbocycles. The summed E-state index contributed by atoms with van der Waals surface area (Å²) in [6, 6.07) is 11.6. The van der Waals surface area contributed by atoms with Crippen LogP contribution in [0.15, 0.2) is 40.9 Å². The van der Waals surface area contributed by atoms with E-state index < -0.39 is 0 Å². The summed E-state index contributed by atoms with van der Waals surface area (Å²) in [7, 11) is 0. The number of carbonyl (C=O) groups excluding carboxylic acids is 1. The number of hydrogen-bond donors (Lipinski definition) is 2. The normalized spacial score (nSPS) is 11.8. The molecule has 0 spiro atoms. The summed E-state index contributed by atoms with van der Waals surface area (Å²) in [4.78, 5) is 11.6. The standard InChI is InChI=1S/C15H17BrN4O/c1-3-17-15(21)13-8-9-14(20-19-13)18-10(2)11-4-6-12(16)7-5-11/h4-10H,3H2,1-2H3,(H,17,21)(H,18,20). The van der Waals surface area contributed by atoms with E-state index in [-0.39, 0.29) is 11.9 Å². The maximum Gasteiger partial charge on any atom is 0.271 e. The first kappa shape index (κ1) is 15.4. The van der Waals surface area contributed by atoms with Crippen LogP contribution in [0.3, 0.4) is 0 Å². The predicted octanol–water partition coefficient (Wildman–Crippen LogP) is 3.16. The number of hydrogen-bond acceptors (Lipinski definition) is 4. The van der Waals surface area contributed by atoms with Gasteiger partial charge in [-0.25, -0.2) is 0 Å². The van der Waals surface area contributed by atoms with E-state index in [4.69, 9.17) is 0 Å². The number of amides is 1. The second kappa shape index (κ2) is 7.17. The highest BCUT2D eigenvalue weighted by molar-refractivity contribution is 9.10. The average Bonchev–Trinajstić information content (AvgIpc) is 2.49. The van der Waals surface area contributed by atoms with Gasteiger partial charge in [-0.2, -0.15) is 0 Å². The molecule has 2 aromatic rings. The van der Waals surface area contributed by atoms with Crippen LogP contribution in [0.5, 0.6) is 0 Å². The van der Waals surface area contributed by atoms with Crippen LogP contribution in [0.25, 0.3) is 0 Å². The molecule has 0 aliphatic heterocycles. The zero-order valence-electron chi connectivity index (χ0n) is 11.9. The van der Waals surface area contributed by atoms with E-state index in [1.54, 1.807) is 12.1 Å². The van der Waals surface area contributed by atoms with Gasteiger partial charge in [0.05, 0.1) is 0 Å². The molecule has 2 rings (SSSR count). The summed E-state index contributed by atoms with van der Waals surface area (Å²) in [5, 5.41) is 13.9. The summed E-state index contributed by atoms with van der Waals surface area (Å²) >= 11 is 3.41. The number of carbonyl (C=O) groups is 1. The number of halogens is 1. The van der Waals surface area contributed by atoms with Gasteiger partial charge in [0.1, 0.15) is 5.82 Å². The number of aromatic nitrogens is 2. The molecule has 5 nitrogen and oxygen atoms in total. The second-order valence-corrected chi connectivity index (χ2v) is 5.50. The molecule has 0 fully saturated rings. The van der Waals surface area contributed by atoms with Crippen molar-refractivity contribution in [2.45, 2.75) is 19.9 Å². The highest BCUT2D eigenvalue weighted by Gasteiger charge is 2.09. The smallest absolute Gasteiger partial charge is 0.271 e. The molecule has 1 amide bonds. The van der Waals surface area contributed by atoms with Gasteiger partial charge in [-0.05, 0) is 43.7 Å². The van der Waals surface area contributed by atoms with Crippen molar-refractivity contribution >= 4 is 27.7 Å². The number of nitrogens with one attached hydrogen (secondary N) is 2. The van der Waals surface area contributed by atoms with Gasteiger partial charge in [0.25, 0.3) is 5.91 Å². The molecule has 110 valence electrons. The molecule has 1 heterocycles. The molecule has 1 atom stereocenters. The molecule has 21 heavy (non-hydrogen) atoms. The van der Waals surface area contributed by atoms with Crippen LogP contribution in [0.4, 0.5) is 5.82 Å². The van der Waals surface area contributed by atoms with E-state index in [2.05, 4.69) is 36.8 Å². The SMILES string of the molecule is CCNC(=O)c1ccc(NC(C)c2ccc(Br)cc2)nn1. The zero-order chi connectivity index (χ0) is 15.2. The third kappa shape index (κ3) is 4.26. The fraction of sp³-hybridized carbons (Fsp3) is 0.267. The summed E-state index contributed by atoms with van der Waals surface area (Å²) in [5.41, 5.74) is 1.46. The van der Waals surface area contributed by atoms with Crippen LogP contribution in [-0.2, 0) is 0 Å². The Hall–Kier alpha value is -1.95. The van der Waals surface area contributed by atoms with Crippen LogP contribution in [0.2, 0.25) is 0 Å². The highest BCUT2D eigenvalue weighted by atomic mass is 79.9. The molecule has 1 aromatic heterocycles. The Labute approximate surface area is 132 Å². The van der Waals surface area contributed by atoms with Gasteiger partial charge < -0.3 is 10.6 Å². The largest absolute Gasteiger partial charge is 0.362 e. The summed E-state index contributed by atoms with van der Waals surface area (Å²) in [6.07, 6.45) is 0. The van der Waals surface area contributed by atoms with Gasteiger partial charge in [-0.1, -0.05) is 28.1 Å². The average molecular weight is 349 g/mol. The van der Waals surface area contributed by atoms with Crippen molar-refractivity contribution in [3.63, 3.8) is 0 Å². The topological polar surface area (TPSA) is 66.9 Å². The number of benzene rings is 1. The lowest BCUT2D eigenvalue weighted by Crippen LogP contribution is -2.24. The number of anilines is 1. The Morgan fingerprint density at radius 3 is 2.48 bits per heavy atom. The molecule has 0 saturated heterocycles. The van der Waals surface area contributed by atoms with Gasteiger partial charge >= 0.3 is 0 Å². The fourth-order valence-corrected chi connectivity index (χ4v) is 2.10. The Bertz CT molecular complexity index is 598. The first-order valence-electron chi connectivity index (χ1n) is 6.74. The summed E-state index contributed by atoms with van der Waals surface area (Å²) in [6.45, 7) is 4.48. The van der Waals surface area contributed by atoms with Crippen molar-refractivity contribution in [1.82, 2.24) is 15.5 Å². The third-order valence-corrected chi connectivity index (χ3v) is 3.50. The van der Waals surface area contributed by atoms with Crippen molar-refractivity contribution in [2.24, 2.45) is 0 Å². The molecule has 0 radical (unpaired) electrons. The van der Waals surface area contributed by atoms with Gasteiger partial charge in [-0.15, -0.1) is 10.2 Å². The van der Waals surface area contributed by atoms with Crippen LogP contribution < -0.4 is 10.6 Å². The summed E-state index contributed by atoms with van der Waals surface area (Å²) < 4.78 is 1.05. The third-order valence-electron chi connectivity index (χ3n) is 2.97. The van der Waals surface area contributed by atoms with E-state index in [0.717, 1.165) is 10.0 Å². The van der Waals surface area contributed by atoms with Crippen molar-refractivity contribution in [3.05, 3.63) is 52.1 Å². The molecule has 0 bridgehead atoms. The first-order valence-corrected chi connectivity index (χ1v) is 7.53. The van der Waals surface area contributed by atoms with E-state index in [0.29, 0.717) is 18.1 Å². The molecular formula is C15H17BrN4O. The lowest BCUT2D eigenvalue weighted by Gasteiger charge is -2.14. The molecule has 0 aliphatic rings. The van der Waals surface area contributed by atoms with E-state index in [9.17, 15) is 4.79 Å². The maximum atomic E-state index is 11.6. The maximum absolute atomic E-state index is 11.6. The Balaban J connectivity index is 2.02. The van der Waals surface area contributed by atoms with Gasteiger partial charge in [0, 0.05) is 17.1 Å². The Kier molecular flexibility index (Phi) is 5.27. The van der Waals surface area contributed by atoms with E-state index >= 15 is 0 Å². The van der Waals surface area contributed by atoms with Crippen molar-refractivity contribution in [1.29, 1.82) is 0 Å². The number of rotatable bonds is 5.